The van der Waals surface area contributed by atoms with Gasteiger partial charge in [0.25, 0.3) is 0 Å². The zero-order valence-corrected chi connectivity index (χ0v) is 8.95. The Morgan fingerprint density at radius 2 is 1.54 bits per heavy atom. The van der Waals surface area contributed by atoms with Crippen LogP contribution in [0, 0.1) is 0 Å². The van der Waals surface area contributed by atoms with Crippen molar-refractivity contribution in [2.24, 2.45) is 0 Å². The molecule has 0 aromatic heterocycles. The number of aryl methyl sites for hydroxylation is 1. The van der Waals surface area contributed by atoms with Gasteiger partial charge in [0.1, 0.15) is 0 Å². The van der Waals surface area contributed by atoms with E-state index in [-0.39, 0.29) is 11.0 Å². The average Bonchev–Trinajstić information content (AvgIpc) is 2.07. The van der Waals surface area contributed by atoms with Gasteiger partial charge in [0.15, 0.2) is 0 Å². The first-order valence-corrected chi connectivity index (χ1v) is 4.99. The number of hydrogen-bond acceptors (Lipinski definition) is 0. The van der Waals surface area contributed by atoms with E-state index >= 15 is 0 Å². The first-order chi connectivity index (χ1) is 5.43. The van der Waals surface area contributed by atoms with Crippen LogP contribution in [0.1, 0.15) is 18.4 Å². The Labute approximate surface area is 82.2 Å². The van der Waals surface area contributed by atoms with Crippen LogP contribution >= 0.6 is 9.24 Å². The van der Waals surface area contributed by atoms with Gasteiger partial charge in [-0.2, -0.15) is 0 Å². The quantitative estimate of drug-likeness (QED) is 0.521. The van der Waals surface area contributed by atoms with Gasteiger partial charge in [0, 0.05) is 0 Å². The van der Waals surface area contributed by atoms with E-state index in [9.17, 15) is 0 Å². The van der Waals surface area contributed by atoms with Gasteiger partial charge in [-0.3, -0.25) is 0 Å². The van der Waals surface area contributed by atoms with Crippen LogP contribution in [0.3, 0.4) is 0 Å². The van der Waals surface area contributed by atoms with Crippen LogP contribution in [0.5, 0.6) is 0 Å². The molecule has 1 atom stereocenters. The molecule has 3 heteroatoms. The van der Waals surface area contributed by atoms with E-state index in [1.807, 2.05) is 0 Å². The fourth-order valence-corrected chi connectivity index (χ4v) is 1.41. The third kappa shape index (κ3) is 6.71. The van der Waals surface area contributed by atoms with Crippen molar-refractivity contribution in [1.29, 1.82) is 0 Å². The minimum absolute atomic E-state index is 0. The normalized spacial score (nSPS) is 8.38. The van der Waals surface area contributed by atoms with Gasteiger partial charge in [0.05, 0.1) is 0 Å². The fraction of sp³-hybridized carbons (Fsp3) is 0.400. The van der Waals surface area contributed by atoms with Crippen LogP contribution in [0.4, 0.5) is 0 Å². The average molecular weight is 202 g/mol. The van der Waals surface area contributed by atoms with Crippen LogP contribution in [-0.2, 0) is 6.42 Å². The van der Waals surface area contributed by atoms with Crippen molar-refractivity contribution in [1.82, 2.24) is 0 Å². The van der Waals surface area contributed by atoms with Crippen molar-refractivity contribution in [3.8, 4) is 0 Å². The predicted octanol–water partition coefficient (Wildman–Crippen LogP) is 1.23. The third-order valence-corrected chi connectivity index (χ3v) is 2.17. The summed E-state index contributed by atoms with van der Waals surface area (Å²) < 4.78 is 0. The van der Waals surface area contributed by atoms with Gasteiger partial charge >= 0.3 is 0 Å². The monoisotopic (exact) mass is 202 g/mol. The van der Waals surface area contributed by atoms with Gasteiger partial charge < -0.3 is 11.0 Å². The van der Waals surface area contributed by atoms with Crippen molar-refractivity contribution in [3.63, 3.8) is 0 Å². The molecule has 0 aliphatic rings. The zero-order valence-electron chi connectivity index (χ0n) is 7.79. The number of rotatable bonds is 4. The van der Waals surface area contributed by atoms with Crippen molar-refractivity contribution >= 4 is 9.24 Å². The van der Waals surface area contributed by atoms with Crippen LogP contribution in [0.25, 0.3) is 0 Å². The van der Waals surface area contributed by atoms with Crippen LogP contribution in [0.2, 0.25) is 0 Å². The molecule has 76 valence electrons. The van der Waals surface area contributed by atoms with Crippen molar-refractivity contribution in [2.45, 2.75) is 19.3 Å². The first-order valence-electron chi connectivity index (χ1n) is 4.17. The Hall–Kier alpha value is -0.430. The molecule has 1 aromatic rings. The summed E-state index contributed by atoms with van der Waals surface area (Å²) in [7, 11) is 2.77. The minimum atomic E-state index is 0. The predicted molar refractivity (Wildman–Crippen MR) is 61.2 cm³/mol. The van der Waals surface area contributed by atoms with E-state index < -0.39 is 0 Å². The van der Waals surface area contributed by atoms with E-state index in [0.717, 1.165) is 0 Å². The lowest BCUT2D eigenvalue weighted by Crippen LogP contribution is -1.84. The number of hydrogen-bond donors (Lipinski definition) is 0. The second kappa shape index (κ2) is 9.66. The summed E-state index contributed by atoms with van der Waals surface area (Å²) in [6.45, 7) is 0. The number of unbranched alkanes of at least 4 members (excludes halogenated alkanes) is 1. The standard InChI is InChI=1S/C10H15P.2H2O/c11-9-5-4-8-10-6-2-1-3-7-10;;/h1-3,6-7H,4-5,8-9,11H2;2*1H2. The molecule has 4 N–H and O–H groups in total. The highest BCUT2D eigenvalue weighted by Gasteiger charge is 1.89. The second-order valence-corrected chi connectivity index (χ2v) is 3.31. The van der Waals surface area contributed by atoms with Gasteiger partial charge in [-0.15, -0.1) is 9.24 Å². The Bertz CT molecular complexity index is 189. The maximum atomic E-state index is 2.77. The third-order valence-electron chi connectivity index (χ3n) is 1.76. The van der Waals surface area contributed by atoms with Crippen molar-refractivity contribution in [2.75, 3.05) is 6.16 Å². The molecule has 1 unspecified atom stereocenters. The van der Waals surface area contributed by atoms with Crippen LogP contribution in [-0.4, -0.2) is 17.1 Å². The molecule has 0 spiro atoms. The van der Waals surface area contributed by atoms with Gasteiger partial charge in [-0.1, -0.05) is 30.3 Å². The van der Waals surface area contributed by atoms with E-state index in [4.69, 9.17) is 0 Å². The fourth-order valence-electron chi connectivity index (χ4n) is 1.12. The van der Waals surface area contributed by atoms with Crippen molar-refractivity contribution < 1.29 is 11.0 Å². The van der Waals surface area contributed by atoms with Crippen LogP contribution < -0.4 is 0 Å². The van der Waals surface area contributed by atoms with Gasteiger partial charge in [-0.25, -0.2) is 0 Å². The largest absolute Gasteiger partial charge is 0.412 e. The lowest BCUT2D eigenvalue weighted by Gasteiger charge is -1.98. The Balaban J connectivity index is 0. The molecule has 2 nitrogen and oxygen atoms in total. The SMILES string of the molecule is O.O.PCCCCc1ccccc1. The lowest BCUT2D eigenvalue weighted by molar-refractivity contribution is 0.803. The molecule has 0 bridgehead atoms. The maximum absolute atomic E-state index is 2.77. The lowest BCUT2D eigenvalue weighted by atomic mass is 10.1. The second-order valence-electron chi connectivity index (χ2n) is 2.73. The molecule has 0 saturated carbocycles. The highest BCUT2D eigenvalue weighted by atomic mass is 31.0. The zero-order chi connectivity index (χ0) is 7.94. The number of benzene rings is 1. The summed E-state index contributed by atoms with van der Waals surface area (Å²) in [5, 5.41) is 0. The Morgan fingerprint density at radius 3 is 2.08 bits per heavy atom. The van der Waals surface area contributed by atoms with E-state index in [1.165, 1.54) is 31.0 Å². The molecule has 13 heavy (non-hydrogen) atoms. The summed E-state index contributed by atoms with van der Waals surface area (Å²) in [5.74, 6) is 0. The summed E-state index contributed by atoms with van der Waals surface area (Å²) >= 11 is 0. The molecule has 0 aliphatic carbocycles. The minimum Gasteiger partial charge on any atom is -0.412 e. The molecule has 0 heterocycles. The topological polar surface area (TPSA) is 63.0 Å². The van der Waals surface area contributed by atoms with Gasteiger partial charge in [-0.05, 0) is 31.0 Å². The van der Waals surface area contributed by atoms with E-state index in [2.05, 4.69) is 39.6 Å². The van der Waals surface area contributed by atoms with E-state index in [0.29, 0.717) is 0 Å². The first kappa shape index (κ1) is 15.1. The Morgan fingerprint density at radius 1 is 0.923 bits per heavy atom. The summed E-state index contributed by atoms with van der Waals surface area (Å²) in [4.78, 5) is 0. The molecule has 1 rings (SSSR count). The summed E-state index contributed by atoms with van der Waals surface area (Å²) in [6, 6.07) is 10.7. The maximum Gasteiger partial charge on any atom is -0.0279 e. The highest BCUT2D eigenvalue weighted by Crippen LogP contribution is 2.04. The molecular weight excluding hydrogens is 183 g/mol. The molecule has 0 radical (unpaired) electrons. The molecule has 0 fully saturated rings. The Kier molecular flexibility index (Phi) is 11.2. The molecule has 0 saturated heterocycles. The van der Waals surface area contributed by atoms with Crippen LogP contribution in [0.15, 0.2) is 30.3 Å². The molecule has 0 amide bonds. The van der Waals surface area contributed by atoms with Crippen molar-refractivity contribution in [3.05, 3.63) is 35.9 Å². The molecule has 0 aliphatic heterocycles. The summed E-state index contributed by atoms with van der Waals surface area (Å²) in [5.41, 5.74) is 1.46. The molecule has 1 aromatic carbocycles. The smallest absolute Gasteiger partial charge is 0.0279 e. The van der Waals surface area contributed by atoms with E-state index in [1.54, 1.807) is 0 Å². The van der Waals surface area contributed by atoms with Gasteiger partial charge in [0.2, 0.25) is 0 Å². The summed E-state index contributed by atoms with van der Waals surface area (Å²) in [6.07, 6.45) is 5.09. The highest BCUT2D eigenvalue weighted by molar-refractivity contribution is 7.16. The molecular formula is C10H19O2P.